The molecule has 1 aromatic carbocycles. The maximum atomic E-state index is 12.4. The number of carbonyl (C=O) groups is 1. The van der Waals surface area contributed by atoms with Crippen molar-refractivity contribution in [3.8, 4) is 5.75 Å². The Hall–Kier alpha value is -3.34. The molecule has 1 aliphatic rings. The predicted molar refractivity (Wildman–Crippen MR) is 132 cm³/mol. The van der Waals surface area contributed by atoms with Gasteiger partial charge >= 0.3 is 10.2 Å². The molecule has 0 spiro atoms. The van der Waals surface area contributed by atoms with E-state index in [-0.39, 0.29) is 34.6 Å². The quantitative estimate of drug-likeness (QED) is 0.548. The number of benzene rings is 1. The molecule has 0 bridgehead atoms. The van der Waals surface area contributed by atoms with Crippen molar-refractivity contribution in [2.75, 3.05) is 19.4 Å². The largest absolute Gasteiger partial charge is 0.505 e. The van der Waals surface area contributed by atoms with Crippen LogP contribution in [0.25, 0.3) is 0 Å². The van der Waals surface area contributed by atoms with Crippen LogP contribution < -0.4 is 10.0 Å². The molecule has 1 amide bonds. The summed E-state index contributed by atoms with van der Waals surface area (Å²) in [5, 5.41) is 13.4. The van der Waals surface area contributed by atoms with Crippen molar-refractivity contribution in [1.29, 1.82) is 0 Å². The molecule has 0 saturated carbocycles. The summed E-state index contributed by atoms with van der Waals surface area (Å²) in [4.78, 5) is 18.3. The number of nitrogens with zero attached hydrogens (tertiary/aromatic N) is 3. The molecule has 0 radical (unpaired) electrons. The number of rotatable bonds is 5. The standard InChI is InChI=1S/C23H31N5O5S/c1-13(2)14-11-17(33-12-14)19(23(3,4)5)25-21-20(26-34(31,32)27-21)24-16-10-8-9-15(18(16)29)22(30)28(6)7/h8-13,19,29H,1-7H3,(H,24,26)(H,25,27). The molecule has 2 aromatic rings. The van der Waals surface area contributed by atoms with E-state index in [1.54, 1.807) is 26.4 Å². The van der Waals surface area contributed by atoms with Crippen molar-refractivity contribution >= 4 is 33.5 Å². The summed E-state index contributed by atoms with van der Waals surface area (Å²) in [6.07, 6.45) is 1.68. The summed E-state index contributed by atoms with van der Waals surface area (Å²) in [6, 6.07) is 5.94. The van der Waals surface area contributed by atoms with Crippen LogP contribution in [-0.4, -0.2) is 50.1 Å². The summed E-state index contributed by atoms with van der Waals surface area (Å²) in [7, 11) is -0.910. The summed E-state index contributed by atoms with van der Waals surface area (Å²) in [5.41, 5.74) is 0.770. The molecule has 3 rings (SSSR count). The fourth-order valence-electron chi connectivity index (χ4n) is 3.34. The summed E-state index contributed by atoms with van der Waals surface area (Å²) >= 11 is 0. The number of hydrogen-bond acceptors (Lipinski definition) is 7. The van der Waals surface area contributed by atoms with Crippen LogP contribution in [-0.2, 0) is 10.2 Å². The number of anilines is 1. The lowest BCUT2D eigenvalue weighted by Crippen LogP contribution is -2.32. The first kappa shape index (κ1) is 25.3. The first-order valence-electron chi connectivity index (χ1n) is 10.8. The second kappa shape index (κ2) is 9.13. The number of furan rings is 1. The van der Waals surface area contributed by atoms with Gasteiger partial charge in [-0.1, -0.05) is 40.7 Å². The molecule has 1 aromatic heterocycles. The number of aromatic hydroxyl groups is 1. The number of para-hydroxylation sites is 1. The van der Waals surface area contributed by atoms with Crippen LogP contribution in [0.5, 0.6) is 5.75 Å². The van der Waals surface area contributed by atoms with E-state index in [9.17, 15) is 18.3 Å². The van der Waals surface area contributed by atoms with E-state index in [0.29, 0.717) is 5.76 Å². The van der Waals surface area contributed by atoms with Gasteiger partial charge in [-0.2, -0.15) is 8.42 Å². The zero-order valence-electron chi connectivity index (χ0n) is 20.4. The minimum Gasteiger partial charge on any atom is -0.505 e. The molecule has 1 atom stereocenters. The number of amides is 1. The molecular weight excluding hydrogens is 458 g/mol. The minimum absolute atomic E-state index is 0.0221. The number of carbonyl (C=O) groups excluding carboxylic acids is 1. The van der Waals surface area contributed by atoms with Crippen molar-refractivity contribution in [1.82, 2.24) is 9.62 Å². The van der Waals surface area contributed by atoms with Gasteiger partial charge in [0.2, 0.25) is 0 Å². The third kappa shape index (κ3) is 5.41. The molecule has 1 aliphatic heterocycles. The number of nitrogens with one attached hydrogen (secondary N) is 2. The Morgan fingerprint density at radius 3 is 2.50 bits per heavy atom. The molecular formula is C23H31N5O5S. The number of phenolic OH excluding ortho intramolecular Hbond substituents is 1. The molecule has 2 heterocycles. The Morgan fingerprint density at radius 1 is 1.26 bits per heavy atom. The van der Waals surface area contributed by atoms with Crippen LogP contribution in [0, 0.1) is 5.41 Å². The Morgan fingerprint density at radius 2 is 1.94 bits per heavy atom. The number of hydrogen-bond donors (Lipinski definition) is 3. The zero-order valence-corrected chi connectivity index (χ0v) is 21.2. The molecule has 10 nitrogen and oxygen atoms in total. The van der Waals surface area contributed by atoms with Crippen molar-refractivity contribution < 1.29 is 22.7 Å². The molecule has 34 heavy (non-hydrogen) atoms. The van der Waals surface area contributed by atoms with Crippen molar-refractivity contribution in [3.63, 3.8) is 0 Å². The normalized spacial score (nSPS) is 17.4. The van der Waals surface area contributed by atoms with E-state index in [4.69, 9.17) is 4.42 Å². The summed E-state index contributed by atoms with van der Waals surface area (Å²) in [6.45, 7) is 10.0. The third-order valence-electron chi connectivity index (χ3n) is 5.24. The first-order valence-corrected chi connectivity index (χ1v) is 12.2. The third-order valence-corrected chi connectivity index (χ3v) is 6.12. The van der Waals surface area contributed by atoms with Gasteiger partial charge in [-0.05, 0) is 35.1 Å². The Labute approximate surface area is 200 Å². The van der Waals surface area contributed by atoms with Gasteiger partial charge < -0.3 is 19.7 Å². The van der Waals surface area contributed by atoms with Gasteiger partial charge in [0.25, 0.3) is 5.91 Å². The summed E-state index contributed by atoms with van der Waals surface area (Å²) < 4.78 is 36.4. The molecule has 0 saturated heterocycles. The van der Waals surface area contributed by atoms with Crippen LogP contribution in [0.4, 0.5) is 5.69 Å². The van der Waals surface area contributed by atoms with Crippen LogP contribution in [0.15, 0.2) is 44.3 Å². The maximum Gasteiger partial charge on any atom is 0.345 e. The van der Waals surface area contributed by atoms with E-state index < -0.39 is 27.6 Å². The monoisotopic (exact) mass is 489 g/mol. The summed E-state index contributed by atoms with van der Waals surface area (Å²) in [5.74, 6) is -0.000651. The van der Waals surface area contributed by atoms with Gasteiger partial charge in [0.05, 0.1) is 17.5 Å². The van der Waals surface area contributed by atoms with E-state index in [0.717, 1.165) is 5.56 Å². The van der Waals surface area contributed by atoms with E-state index >= 15 is 0 Å². The van der Waals surface area contributed by atoms with Crippen molar-refractivity contribution in [2.24, 2.45) is 14.8 Å². The van der Waals surface area contributed by atoms with Gasteiger partial charge in [-0.25, -0.2) is 4.72 Å². The van der Waals surface area contributed by atoms with Gasteiger partial charge in [0.15, 0.2) is 17.4 Å². The van der Waals surface area contributed by atoms with E-state index in [2.05, 4.69) is 19.4 Å². The highest BCUT2D eigenvalue weighted by Gasteiger charge is 2.34. The van der Waals surface area contributed by atoms with Crippen molar-refractivity contribution in [3.05, 3.63) is 47.4 Å². The van der Waals surface area contributed by atoms with Crippen molar-refractivity contribution in [2.45, 2.75) is 46.6 Å². The van der Waals surface area contributed by atoms with Gasteiger partial charge in [-0.15, -0.1) is 4.40 Å². The average molecular weight is 490 g/mol. The first-order chi connectivity index (χ1) is 15.7. The maximum absolute atomic E-state index is 12.4. The van der Waals surface area contributed by atoms with Crippen LogP contribution in [0.1, 0.15) is 68.3 Å². The molecule has 3 N–H and O–H groups in total. The van der Waals surface area contributed by atoms with E-state index in [1.807, 2.05) is 40.7 Å². The SMILES string of the molecule is CC(C)c1coc(C(N=C2NS(=O)(=O)N=C2Nc2cccc(C(=O)N(C)C)c2O)C(C)(C)C)c1. The molecule has 0 fully saturated rings. The zero-order chi connectivity index (χ0) is 25.4. The van der Waals surface area contributed by atoms with Gasteiger partial charge in [0, 0.05) is 14.1 Å². The smallest absolute Gasteiger partial charge is 0.345 e. The highest BCUT2D eigenvalue weighted by molar-refractivity contribution is 7.89. The van der Waals surface area contributed by atoms with Gasteiger partial charge in [0.1, 0.15) is 11.8 Å². The van der Waals surface area contributed by atoms with Crippen LogP contribution in [0.2, 0.25) is 0 Å². The van der Waals surface area contributed by atoms with Gasteiger partial charge in [-0.3, -0.25) is 9.79 Å². The second-order valence-electron chi connectivity index (χ2n) is 9.73. The van der Waals surface area contributed by atoms with Crippen LogP contribution >= 0.6 is 0 Å². The molecule has 1 unspecified atom stereocenters. The predicted octanol–water partition coefficient (Wildman–Crippen LogP) is 3.65. The second-order valence-corrected chi connectivity index (χ2v) is 11.1. The molecule has 184 valence electrons. The minimum atomic E-state index is -4.04. The number of phenols is 1. The fourth-order valence-corrected chi connectivity index (χ4v) is 4.15. The number of amidine groups is 2. The fraction of sp³-hybridized carbons (Fsp3) is 0.435. The number of aliphatic imine (C=N–C) groups is 1. The van der Waals surface area contributed by atoms with E-state index in [1.165, 1.54) is 17.0 Å². The molecule has 11 heteroatoms. The Kier molecular flexibility index (Phi) is 6.79. The Balaban J connectivity index is 2.02. The lowest BCUT2D eigenvalue weighted by atomic mass is 9.85. The highest BCUT2D eigenvalue weighted by Crippen LogP contribution is 2.38. The Bertz CT molecular complexity index is 1250. The lowest BCUT2D eigenvalue weighted by molar-refractivity contribution is 0.0824. The lowest BCUT2D eigenvalue weighted by Gasteiger charge is -2.26. The average Bonchev–Trinajstić information content (AvgIpc) is 3.30. The molecule has 0 aliphatic carbocycles. The highest BCUT2D eigenvalue weighted by atomic mass is 32.2. The van der Waals surface area contributed by atoms with Crippen LogP contribution in [0.3, 0.4) is 0 Å². The topological polar surface area (TPSA) is 137 Å².